The quantitative estimate of drug-likeness (QED) is 0.732. The second-order valence-electron chi connectivity index (χ2n) is 6.65. The van der Waals surface area contributed by atoms with Crippen LogP contribution in [0, 0.1) is 0 Å². The van der Waals surface area contributed by atoms with Crippen molar-refractivity contribution >= 4 is 27.3 Å². The zero-order chi connectivity index (χ0) is 18.8. The number of methoxy groups -OCH3 is 1. The standard InChI is InChI=1S/C21H22N2O3S/c1-25-18-11-14(17-13-27-19-5-3-2-4-16(17)19)10-15-12-23(7-6-20(22)24)8-9-26-21(15)18/h2-5,10-11,13H,6-9,12H2,1H3,(H2,22,24). The van der Waals surface area contributed by atoms with Crippen molar-refractivity contribution in [1.82, 2.24) is 4.90 Å². The van der Waals surface area contributed by atoms with Crippen LogP contribution in [-0.2, 0) is 11.3 Å². The molecule has 6 heteroatoms. The van der Waals surface area contributed by atoms with Gasteiger partial charge in [0.1, 0.15) is 6.61 Å². The zero-order valence-electron chi connectivity index (χ0n) is 15.2. The Balaban J connectivity index is 1.74. The topological polar surface area (TPSA) is 64.8 Å². The minimum atomic E-state index is -0.281. The molecular formula is C21H22N2O3S. The van der Waals surface area contributed by atoms with Crippen molar-refractivity contribution in [2.45, 2.75) is 13.0 Å². The molecule has 1 aromatic heterocycles. The average Bonchev–Trinajstić information content (AvgIpc) is 2.99. The van der Waals surface area contributed by atoms with Crippen LogP contribution in [0.25, 0.3) is 21.2 Å². The number of thiophene rings is 1. The number of amides is 1. The van der Waals surface area contributed by atoms with Crippen LogP contribution in [0.1, 0.15) is 12.0 Å². The first-order chi connectivity index (χ1) is 13.2. The number of carbonyl (C=O) groups is 1. The second kappa shape index (κ2) is 7.58. The first kappa shape index (κ1) is 17.8. The summed E-state index contributed by atoms with van der Waals surface area (Å²) in [7, 11) is 1.67. The van der Waals surface area contributed by atoms with Gasteiger partial charge in [-0.3, -0.25) is 9.69 Å². The lowest BCUT2D eigenvalue weighted by Crippen LogP contribution is -2.29. The molecule has 3 aromatic rings. The maximum atomic E-state index is 11.2. The van der Waals surface area contributed by atoms with Gasteiger partial charge in [-0.25, -0.2) is 0 Å². The van der Waals surface area contributed by atoms with Crippen molar-refractivity contribution < 1.29 is 14.3 Å². The van der Waals surface area contributed by atoms with E-state index in [-0.39, 0.29) is 5.91 Å². The lowest BCUT2D eigenvalue weighted by molar-refractivity contribution is -0.118. The minimum Gasteiger partial charge on any atom is -0.493 e. The van der Waals surface area contributed by atoms with Crippen molar-refractivity contribution in [2.75, 3.05) is 26.8 Å². The lowest BCUT2D eigenvalue weighted by atomic mass is 10.0. The summed E-state index contributed by atoms with van der Waals surface area (Å²) in [5.74, 6) is 1.26. The fourth-order valence-electron chi connectivity index (χ4n) is 3.51. The molecule has 0 unspecified atom stereocenters. The van der Waals surface area contributed by atoms with E-state index in [1.807, 2.05) is 6.07 Å². The molecule has 0 saturated heterocycles. The molecule has 140 valence electrons. The predicted octanol–water partition coefficient (Wildman–Crippen LogP) is 3.65. The number of carbonyl (C=O) groups excluding carboxylic acids is 1. The molecule has 27 heavy (non-hydrogen) atoms. The summed E-state index contributed by atoms with van der Waals surface area (Å²) in [6, 6.07) is 12.6. The van der Waals surface area contributed by atoms with Crippen molar-refractivity contribution in [3.8, 4) is 22.6 Å². The predicted molar refractivity (Wildman–Crippen MR) is 108 cm³/mol. The molecule has 0 spiro atoms. The molecule has 2 N–H and O–H groups in total. The number of fused-ring (bicyclic) bond motifs is 2. The molecule has 4 rings (SSSR count). The number of rotatable bonds is 5. The lowest BCUT2D eigenvalue weighted by Gasteiger charge is -2.19. The van der Waals surface area contributed by atoms with Crippen LogP contribution in [0.15, 0.2) is 41.8 Å². The largest absolute Gasteiger partial charge is 0.493 e. The van der Waals surface area contributed by atoms with Gasteiger partial charge in [0.05, 0.1) is 7.11 Å². The zero-order valence-corrected chi connectivity index (χ0v) is 16.1. The average molecular weight is 382 g/mol. The highest BCUT2D eigenvalue weighted by atomic mass is 32.1. The van der Waals surface area contributed by atoms with Crippen LogP contribution in [0.3, 0.4) is 0 Å². The molecule has 0 saturated carbocycles. The summed E-state index contributed by atoms with van der Waals surface area (Å²) in [5, 5.41) is 3.43. The van der Waals surface area contributed by atoms with Crippen LogP contribution in [0.5, 0.6) is 11.5 Å². The molecule has 1 aliphatic rings. The fourth-order valence-corrected chi connectivity index (χ4v) is 4.48. The fraction of sp³-hybridized carbons (Fsp3) is 0.286. The second-order valence-corrected chi connectivity index (χ2v) is 7.56. The summed E-state index contributed by atoms with van der Waals surface area (Å²) in [5.41, 5.74) is 8.70. The molecule has 2 aromatic carbocycles. The molecule has 1 amide bonds. The third-order valence-electron chi connectivity index (χ3n) is 4.87. The summed E-state index contributed by atoms with van der Waals surface area (Å²) < 4.78 is 12.9. The highest BCUT2D eigenvalue weighted by Crippen LogP contribution is 2.41. The number of primary amides is 1. The normalized spacial score (nSPS) is 14.4. The Morgan fingerprint density at radius 2 is 2.19 bits per heavy atom. The van der Waals surface area contributed by atoms with Crippen molar-refractivity contribution in [3.63, 3.8) is 0 Å². The summed E-state index contributed by atoms with van der Waals surface area (Å²) in [6.45, 7) is 2.64. The van der Waals surface area contributed by atoms with E-state index < -0.39 is 0 Å². The summed E-state index contributed by atoms with van der Waals surface area (Å²) >= 11 is 1.74. The van der Waals surface area contributed by atoms with Gasteiger partial charge in [0.15, 0.2) is 11.5 Å². The first-order valence-corrected chi connectivity index (χ1v) is 9.84. The van der Waals surface area contributed by atoms with E-state index in [4.69, 9.17) is 15.2 Å². The number of benzene rings is 2. The van der Waals surface area contributed by atoms with Gasteiger partial charge in [-0.1, -0.05) is 18.2 Å². The van der Waals surface area contributed by atoms with Gasteiger partial charge in [-0.05, 0) is 29.1 Å². The smallest absolute Gasteiger partial charge is 0.218 e. The van der Waals surface area contributed by atoms with Crippen LogP contribution in [0.4, 0.5) is 0 Å². The monoisotopic (exact) mass is 382 g/mol. The molecule has 0 bridgehead atoms. The first-order valence-electron chi connectivity index (χ1n) is 8.96. The number of nitrogens with zero attached hydrogens (tertiary/aromatic N) is 1. The van der Waals surface area contributed by atoms with E-state index in [9.17, 15) is 4.79 Å². The number of hydrogen-bond acceptors (Lipinski definition) is 5. The Bertz CT molecular complexity index is 983. The minimum absolute atomic E-state index is 0.281. The molecule has 0 radical (unpaired) electrons. The number of nitrogens with two attached hydrogens (primary N) is 1. The Morgan fingerprint density at radius 1 is 1.33 bits per heavy atom. The maximum Gasteiger partial charge on any atom is 0.218 e. The van der Waals surface area contributed by atoms with Crippen molar-refractivity contribution in [3.05, 3.63) is 47.3 Å². The number of ether oxygens (including phenoxy) is 2. The van der Waals surface area contributed by atoms with E-state index in [1.165, 1.54) is 15.6 Å². The summed E-state index contributed by atoms with van der Waals surface area (Å²) in [4.78, 5) is 13.4. The van der Waals surface area contributed by atoms with Gasteiger partial charge in [-0.2, -0.15) is 0 Å². The Labute approximate surface area is 162 Å². The van der Waals surface area contributed by atoms with Crippen LogP contribution in [0.2, 0.25) is 0 Å². The van der Waals surface area contributed by atoms with Crippen LogP contribution >= 0.6 is 11.3 Å². The summed E-state index contributed by atoms with van der Waals surface area (Å²) in [6.07, 6.45) is 0.349. The van der Waals surface area contributed by atoms with E-state index in [0.29, 0.717) is 26.1 Å². The molecule has 0 atom stereocenters. The van der Waals surface area contributed by atoms with Gasteiger partial charge in [-0.15, -0.1) is 11.3 Å². The highest BCUT2D eigenvalue weighted by molar-refractivity contribution is 7.17. The van der Waals surface area contributed by atoms with Gasteiger partial charge in [0, 0.05) is 47.3 Å². The molecule has 0 fully saturated rings. The van der Waals surface area contributed by atoms with Gasteiger partial charge >= 0.3 is 0 Å². The molecular weight excluding hydrogens is 360 g/mol. The van der Waals surface area contributed by atoms with Crippen molar-refractivity contribution in [2.24, 2.45) is 5.73 Å². The van der Waals surface area contributed by atoms with E-state index >= 15 is 0 Å². The van der Waals surface area contributed by atoms with E-state index in [0.717, 1.165) is 29.2 Å². The molecule has 5 nitrogen and oxygen atoms in total. The molecule has 2 heterocycles. The number of hydrogen-bond donors (Lipinski definition) is 1. The van der Waals surface area contributed by atoms with Gasteiger partial charge in [0.25, 0.3) is 0 Å². The Morgan fingerprint density at radius 3 is 3.00 bits per heavy atom. The van der Waals surface area contributed by atoms with Crippen molar-refractivity contribution in [1.29, 1.82) is 0 Å². The molecule has 0 aliphatic carbocycles. The Hall–Kier alpha value is -2.57. The van der Waals surface area contributed by atoms with Crippen LogP contribution < -0.4 is 15.2 Å². The Kier molecular flexibility index (Phi) is 5.01. The van der Waals surface area contributed by atoms with E-state index in [2.05, 4.69) is 40.6 Å². The van der Waals surface area contributed by atoms with E-state index in [1.54, 1.807) is 18.4 Å². The van der Waals surface area contributed by atoms with Gasteiger partial charge < -0.3 is 15.2 Å². The third-order valence-corrected chi connectivity index (χ3v) is 5.83. The highest BCUT2D eigenvalue weighted by Gasteiger charge is 2.21. The molecule has 1 aliphatic heterocycles. The third kappa shape index (κ3) is 3.63. The SMILES string of the molecule is COc1cc(-c2csc3ccccc23)cc2c1OCCN(CCC(N)=O)C2. The maximum absolute atomic E-state index is 11.2. The van der Waals surface area contributed by atoms with Crippen LogP contribution in [-0.4, -0.2) is 37.6 Å². The van der Waals surface area contributed by atoms with Gasteiger partial charge in [0.2, 0.25) is 5.91 Å².